The lowest BCUT2D eigenvalue weighted by Gasteiger charge is -2.25. The largest absolute Gasteiger partial charge is 0.313 e. The summed E-state index contributed by atoms with van der Waals surface area (Å²) in [7, 11) is 0. The first kappa shape index (κ1) is 14.4. The highest BCUT2D eigenvalue weighted by Gasteiger charge is 2.25. The topological polar surface area (TPSA) is 15.3 Å². The summed E-state index contributed by atoms with van der Waals surface area (Å²) in [5.74, 6) is -1.46. The third kappa shape index (κ3) is 3.74. The Kier molecular flexibility index (Phi) is 4.88. The van der Waals surface area contributed by atoms with Crippen LogP contribution < -0.4 is 5.32 Å². The van der Waals surface area contributed by atoms with Gasteiger partial charge in [-0.1, -0.05) is 26.0 Å². The number of halogens is 2. The molecule has 4 heteroatoms. The molecule has 19 heavy (non-hydrogen) atoms. The van der Waals surface area contributed by atoms with Crippen molar-refractivity contribution in [3.05, 3.63) is 35.4 Å². The van der Waals surface area contributed by atoms with Gasteiger partial charge in [-0.3, -0.25) is 4.90 Å². The Labute approximate surface area is 113 Å². The molecular weight excluding hydrogens is 246 g/mol. The summed E-state index contributed by atoms with van der Waals surface area (Å²) in [6, 6.07) is 5.29. The number of nitrogens with one attached hydrogen (secondary N) is 1. The third-order valence-corrected chi connectivity index (χ3v) is 3.67. The summed E-state index contributed by atoms with van der Waals surface area (Å²) in [4.78, 5) is 2.24. The Morgan fingerprint density at radius 2 is 2.16 bits per heavy atom. The van der Waals surface area contributed by atoms with E-state index in [1.54, 1.807) is 12.1 Å². The van der Waals surface area contributed by atoms with Gasteiger partial charge in [0.1, 0.15) is 0 Å². The van der Waals surface area contributed by atoms with E-state index in [2.05, 4.69) is 24.1 Å². The highest BCUT2D eigenvalue weighted by Crippen LogP contribution is 2.21. The average Bonchev–Trinajstić information content (AvgIpc) is 2.80. The molecule has 1 saturated heterocycles. The first-order valence-corrected chi connectivity index (χ1v) is 6.98. The van der Waals surface area contributed by atoms with Crippen molar-refractivity contribution < 1.29 is 8.78 Å². The van der Waals surface area contributed by atoms with Crippen LogP contribution in [0, 0.1) is 11.6 Å². The highest BCUT2D eigenvalue weighted by atomic mass is 19.2. The molecule has 1 heterocycles. The molecule has 106 valence electrons. The quantitative estimate of drug-likeness (QED) is 0.883. The standard InChI is InChI=1S/C15H22F2N2/c1-11(2)18-9-13-6-4-8-19(13)10-12-5-3-7-14(16)15(12)17/h3,5,7,11,13,18H,4,6,8-10H2,1-2H3. The van der Waals surface area contributed by atoms with Crippen LogP contribution in [-0.2, 0) is 6.54 Å². The van der Waals surface area contributed by atoms with E-state index >= 15 is 0 Å². The minimum Gasteiger partial charge on any atom is -0.313 e. The first-order chi connectivity index (χ1) is 9.08. The summed E-state index contributed by atoms with van der Waals surface area (Å²) in [6.45, 7) is 6.60. The molecule has 0 bridgehead atoms. The summed E-state index contributed by atoms with van der Waals surface area (Å²) in [5.41, 5.74) is 0.455. The van der Waals surface area contributed by atoms with Crippen LogP contribution in [-0.4, -0.2) is 30.1 Å². The Morgan fingerprint density at radius 1 is 1.37 bits per heavy atom. The maximum atomic E-state index is 13.7. The molecule has 1 atom stereocenters. The molecular formula is C15H22F2N2. The number of likely N-dealkylation sites (tertiary alicyclic amines) is 1. The second-order valence-corrected chi connectivity index (χ2v) is 5.54. The summed E-state index contributed by atoms with van der Waals surface area (Å²) < 4.78 is 26.9. The second-order valence-electron chi connectivity index (χ2n) is 5.54. The minimum atomic E-state index is -0.756. The van der Waals surface area contributed by atoms with E-state index in [1.165, 1.54) is 6.07 Å². The van der Waals surface area contributed by atoms with Crippen LogP contribution in [0.3, 0.4) is 0 Å². The molecule has 1 N–H and O–H groups in total. The summed E-state index contributed by atoms with van der Waals surface area (Å²) in [6.07, 6.45) is 2.25. The lowest BCUT2D eigenvalue weighted by Crippen LogP contribution is -2.40. The van der Waals surface area contributed by atoms with E-state index in [9.17, 15) is 8.78 Å². The van der Waals surface area contributed by atoms with Crippen LogP contribution in [0.5, 0.6) is 0 Å². The molecule has 1 unspecified atom stereocenters. The number of benzene rings is 1. The van der Waals surface area contributed by atoms with Crippen molar-refractivity contribution in [1.29, 1.82) is 0 Å². The lowest BCUT2D eigenvalue weighted by atomic mass is 10.1. The van der Waals surface area contributed by atoms with Crippen LogP contribution in [0.15, 0.2) is 18.2 Å². The van der Waals surface area contributed by atoms with Gasteiger partial charge in [0, 0.05) is 30.7 Å². The number of hydrogen-bond donors (Lipinski definition) is 1. The van der Waals surface area contributed by atoms with Crippen LogP contribution in [0.4, 0.5) is 8.78 Å². The fourth-order valence-electron chi connectivity index (χ4n) is 2.60. The molecule has 0 aliphatic carbocycles. The molecule has 0 aromatic heterocycles. The Hall–Kier alpha value is -1.00. The average molecular weight is 268 g/mol. The van der Waals surface area contributed by atoms with E-state index in [-0.39, 0.29) is 0 Å². The van der Waals surface area contributed by atoms with E-state index in [0.717, 1.165) is 25.9 Å². The molecule has 0 spiro atoms. The van der Waals surface area contributed by atoms with Crippen molar-refractivity contribution in [3.63, 3.8) is 0 Å². The normalized spacial score (nSPS) is 20.4. The van der Waals surface area contributed by atoms with Crippen molar-refractivity contribution in [2.75, 3.05) is 13.1 Å². The zero-order valence-corrected chi connectivity index (χ0v) is 11.6. The predicted octanol–water partition coefficient (Wildman–Crippen LogP) is 2.93. The predicted molar refractivity (Wildman–Crippen MR) is 72.9 cm³/mol. The van der Waals surface area contributed by atoms with Crippen LogP contribution in [0.2, 0.25) is 0 Å². The van der Waals surface area contributed by atoms with E-state index in [0.29, 0.717) is 24.2 Å². The molecule has 1 aliphatic rings. The van der Waals surface area contributed by atoms with E-state index in [4.69, 9.17) is 0 Å². The van der Waals surface area contributed by atoms with E-state index in [1.807, 2.05) is 0 Å². The zero-order chi connectivity index (χ0) is 13.8. The van der Waals surface area contributed by atoms with Crippen molar-refractivity contribution >= 4 is 0 Å². The fourth-order valence-corrected chi connectivity index (χ4v) is 2.60. The Bertz CT molecular complexity index is 421. The molecule has 1 aliphatic heterocycles. The fraction of sp³-hybridized carbons (Fsp3) is 0.600. The van der Waals surface area contributed by atoms with Gasteiger partial charge in [0.2, 0.25) is 0 Å². The van der Waals surface area contributed by atoms with Gasteiger partial charge in [-0.05, 0) is 25.5 Å². The molecule has 1 aromatic carbocycles. The van der Waals surface area contributed by atoms with Gasteiger partial charge in [-0.2, -0.15) is 0 Å². The first-order valence-electron chi connectivity index (χ1n) is 6.98. The van der Waals surface area contributed by atoms with Gasteiger partial charge in [-0.25, -0.2) is 8.78 Å². The number of rotatable bonds is 5. The monoisotopic (exact) mass is 268 g/mol. The van der Waals surface area contributed by atoms with Crippen molar-refractivity contribution in [1.82, 2.24) is 10.2 Å². The molecule has 0 radical (unpaired) electrons. The second kappa shape index (κ2) is 6.44. The molecule has 1 aromatic rings. The highest BCUT2D eigenvalue weighted by molar-refractivity contribution is 5.19. The van der Waals surface area contributed by atoms with Crippen molar-refractivity contribution in [3.8, 4) is 0 Å². The molecule has 2 nitrogen and oxygen atoms in total. The van der Waals surface area contributed by atoms with Gasteiger partial charge < -0.3 is 5.32 Å². The van der Waals surface area contributed by atoms with Gasteiger partial charge in [-0.15, -0.1) is 0 Å². The van der Waals surface area contributed by atoms with Gasteiger partial charge >= 0.3 is 0 Å². The van der Waals surface area contributed by atoms with Crippen LogP contribution >= 0.6 is 0 Å². The van der Waals surface area contributed by atoms with Crippen molar-refractivity contribution in [2.45, 2.75) is 45.3 Å². The third-order valence-electron chi connectivity index (χ3n) is 3.67. The number of nitrogens with zero attached hydrogens (tertiary/aromatic N) is 1. The SMILES string of the molecule is CC(C)NCC1CCCN1Cc1cccc(F)c1F. The molecule has 0 amide bonds. The summed E-state index contributed by atoms with van der Waals surface area (Å²) in [5, 5.41) is 3.42. The minimum absolute atomic E-state index is 0.421. The zero-order valence-electron chi connectivity index (χ0n) is 11.6. The van der Waals surface area contributed by atoms with Gasteiger partial charge in [0.15, 0.2) is 11.6 Å². The summed E-state index contributed by atoms with van der Waals surface area (Å²) >= 11 is 0. The van der Waals surface area contributed by atoms with Gasteiger partial charge in [0.25, 0.3) is 0 Å². The lowest BCUT2D eigenvalue weighted by molar-refractivity contribution is 0.232. The maximum Gasteiger partial charge on any atom is 0.163 e. The maximum absolute atomic E-state index is 13.7. The Balaban J connectivity index is 1.99. The number of hydrogen-bond acceptors (Lipinski definition) is 2. The smallest absolute Gasteiger partial charge is 0.163 e. The van der Waals surface area contributed by atoms with Crippen LogP contribution in [0.1, 0.15) is 32.3 Å². The van der Waals surface area contributed by atoms with Crippen LogP contribution in [0.25, 0.3) is 0 Å². The Morgan fingerprint density at radius 3 is 2.89 bits per heavy atom. The van der Waals surface area contributed by atoms with E-state index < -0.39 is 11.6 Å². The van der Waals surface area contributed by atoms with Crippen molar-refractivity contribution in [2.24, 2.45) is 0 Å². The molecule has 0 saturated carbocycles. The molecule has 2 rings (SSSR count). The molecule has 1 fully saturated rings. The van der Waals surface area contributed by atoms with Gasteiger partial charge in [0.05, 0.1) is 0 Å².